The third-order valence-corrected chi connectivity index (χ3v) is 5.22. The molecule has 1 saturated carbocycles. The minimum absolute atomic E-state index is 0.00632. The number of carbonyl (C=O) groups excluding carboxylic acids is 1. The van der Waals surface area contributed by atoms with E-state index >= 15 is 0 Å². The van der Waals surface area contributed by atoms with Gasteiger partial charge in [-0.3, -0.25) is 19.6 Å². The van der Waals surface area contributed by atoms with Gasteiger partial charge in [0.25, 0.3) is 11.6 Å². The molecule has 0 spiro atoms. The van der Waals surface area contributed by atoms with Gasteiger partial charge in [-0.2, -0.15) is 0 Å². The molecule has 9 nitrogen and oxygen atoms in total. The first-order chi connectivity index (χ1) is 13.1. The van der Waals surface area contributed by atoms with E-state index in [1.54, 1.807) is 18.3 Å². The third-order valence-electron chi connectivity index (χ3n) is 5.22. The average Bonchev–Trinajstić information content (AvgIpc) is 3.34. The van der Waals surface area contributed by atoms with Crippen molar-refractivity contribution in [2.45, 2.75) is 38.3 Å². The van der Waals surface area contributed by atoms with E-state index < -0.39 is 4.92 Å². The molecular formula is C18H22N6O3. The van der Waals surface area contributed by atoms with Crippen LogP contribution in [0, 0.1) is 16.0 Å². The number of amides is 1. The molecule has 2 heterocycles. The molecule has 142 valence electrons. The van der Waals surface area contributed by atoms with Crippen molar-refractivity contribution < 1.29 is 9.72 Å². The van der Waals surface area contributed by atoms with Crippen molar-refractivity contribution in [3.63, 3.8) is 0 Å². The fourth-order valence-corrected chi connectivity index (χ4v) is 3.53. The summed E-state index contributed by atoms with van der Waals surface area (Å²) in [5, 5.41) is 22.3. The van der Waals surface area contributed by atoms with Gasteiger partial charge in [0.1, 0.15) is 5.69 Å². The van der Waals surface area contributed by atoms with Crippen molar-refractivity contribution in [1.29, 1.82) is 0 Å². The molecule has 0 bridgehead atoms. The van der Waals surface area contributed by atoms with Crippen LogP contribution in [-0.4, -0.2) is 45.0 Å². The van der Waals surface area contributed by atoms with Crippen LogP contribution in [0.2, 0.25) is 0 Å². The number of nitrogens with zero attached hydrogens (tertiary/aromatic N) is 5. The fraction of sp³-hybridized carbons (Fsp3) is 0.500. The summed E-state index contributed by atoms with van der Waals surface area (Å²) in [5.41, 5.74) is 0.925. The van der Waals surface area contributed by atoms with Crippen LogP contribution in [0.5, 0.6) is 0 Å². The molecule has 9 heteroatoms. The quantitative estimate of drug-likeness (QED) is 0.616. The number of aromatic nitrogens is 3. The van der Waals surface area contributed by atoms with Crippen molar-refractivity contribution in [2.75, 3.05) is 18.0 Å². The van der Waals surface area contributed by atoms with Crippen molar-refractivity contribution in [2.24, 2.45) is 5.92 Å². The topological polar surface area (TPSA) is 106 Å². The van der Waals surface area contributed by atoms with E-state index in [4.69, 9.17) is 0 Å². The van der Waals surface area contributed by atoms with Crippen molar-refractivity contribution in [1.82, 2.24) is 20.3 Å². The summed E-state index contributed by atoms with van der Waals surface area (Å²) in [5.74, 6) is 0.240. The lowest BCUT2D eigenvalue weighted by atomic mass is 9.96. The van der Waals surface area contributed by atoms with Gasteiger partial charge in [0.2, 0.25) is 0 Å². The third kappa shape index (κ3) is 4.07. The first-order valence-corrected chi connectivity index (χ1v) is 9.28. The van der Waals surface area contributed by atoms with Crippen LogP contribution in [0.15, 0.2) is 30.6 Å². The summed E-state index contributed by atoms with van der Waals surface area (Å²) >= 11 is 0. The Morgan fingerprint density at radius 2 is 2.04 bits per heavy atom. The van der Waals surface area contributed by atoms with Gasteiger partial charge in [0.05, 0.1) is 11.1 Å². The lowest BCUT2D eigenvalue weighted by molar-refractivity contribution is -0.384. The van der Waals surface area contributed by atoms with Crippen LogP contribution in [0.25, 0.3) is 0 Å². The van der Waals surface area contributed by atoms with Crippen molar-refractivity contribution >= 4 is 17.3 Å². The molecule has 0 radical (unpaired) electrons. The van der Waals surface area contributed by atoms with Crippen LogP contribution < -0.4 is 10.2 Å². The molecule has 1 amide bonds. The first-order valence-electron chi connectivity index (χ1n) is 9.28. The molecule has 1 aliphatic carbocycles. The van der Waals surface area contributed by atoms with E-state index in [0.717, 1.165) is 45.3 Å². The van der Waals surface area contributed by atoms with E-state index in [0.29, 0.717) is 17.2 Å². The second-order valence-corrected chi connectivity index (χ2v) is 7.26. The lowest BCUT2D eigenvalue weighted by Crippen LogP contribution is -2.35. The second kappa shape index (κ2) is 7.34. The standard InChI is InChI=1S/C18H22N6O3/c25-18(20-15-2-3-15)14-1-4-16(17(11-14)24(26)27)22-8-5-13(6-9-22)12-23-10-7-19-21-23/h1,4,7,10-11,13,15H,2-3,5-6,8-9,12H2,(H,20,25). The maximum atomic E-state index is 12.2. The Hall–Kier alpha value is -2.97. The molecular weight excluding hydrogens is 348 g/mol. The zero-order valence-electron chi connectivity index (χ0n) is 15.0. The van der Waals surface area contributed by atoms with Gasteiger partial charge < -0.3 is 10.2 Å². The first kappa shape index (κ1) is 17.4. The molecule has 1 aliphatic heterocycles. The summed E-state index contributed by atoms with van der Waals surface area (Å²) in [6.07, 6.45) is 7.34. The number of piperidine rings is 1. The summed E-state index contributed by atoms with van der Waals surface area (Å²) in [4.78, 5) is 25.4. The molecule has 1 aromatic heterocycles. The number of hydrogen-bond acceptors (Lipinski definition) is 6. The van der Waals surface area contributed by atoms with E-state index in [1.807, 2.05) is 15.8 Å². The smallest absolute Gasteiger partial charge is 0.293 e. The van der Waals surface area contributed by atoms with Gasteiger partial charge >= 0.3 is 0 Å². The minimum atomic E-state index is -0.398. The van der Waals surface area contributed by atoms with E-state index in [9.17, 15) is 14.9 Å². The molecule has 0 atom stereocenters. The number of nitro groups is 1. The SMILES string of the molecule is O=C(NC1CC1)c1ccc(N2CCC(Cn3ccnn3)CC2)c([N+](=O)[O-])c1. The van der Waals surface area contributed by atoms with Gasteiger partial charge in [-0.25, -0.2) is 0 Å². The summed E-state index contributed by atoms with van der Waals surface area (Å²) < 4.78 is 1.83. The summed E-state index contributed by atoms with van der Waals surface area (Å²) in [6, 6.07) is 5.01. The normalized spacial score (nSPS) is 17.7. The molecule has 27 heavy (non-hydrogen) atoms. The fourth-order valence-electron chi connectivity index (χ4n) is 3.53. The molecule has 1 saturated heterocycles. The minimum Gasteiger partial charge on any atom is -0.366 e. The molecule has 1 N–H and O–H groups in total. The van der Waals surface area contributed by atoms with E-state index in [1.165, 1.54) is 6.07 Å². The highest BCUT2D eigenvalue weighted by molar-refractivity contribution is 5.96. The van der Waals surface area contributed by atoms with Crippen LogP contribution in [0.3, 0.4) is 0 Å². The number of rotatable bonds is 6. The number of anilines is 1. The largest absolute Gasteiger partial charge is 0.366 e. The Balaban J connectivity index is 1.44. The predicted molar refractivity (Wildman–Crippen MR) is 98.5 cm³/mol. The Labute approximate surface area is 156 Å². The van der Waals surface area contributed by atoms with Gasteiger partial charge in [-0.05, 0) is 43.7 Å². The Bertz CT molecular complexity index is 826. The number of carbonyl (C=O) groups is 1. The Morgan fingerprint density at radius 1 is 1.26 bits per heavy atom. The molecule has 4 rings (SSSR count). The van der Waals surface area contributed by atoms with Crippen LogP contribution >= 0.6 is 0 Å². The van der Waals surface area contributed by atoms with Gasteiger partial charge in [-0.1, -0.05) is 5.21 Å². The van der Waals surface area contributed by atoms with E-state index in [2.05, 4.69) is 15.6 Å². The Morgan fingerprint density at radius 3 is 2.67 bits per heavy atom. The highest BCUT2D eigenvalue weighted by Gasteiger charge is 2.28. The number of hydrogen-bond donors (Lipinski definition) is 1. The predicted octanol–water partition coefficient (Wildman–Crippen LogP) is 2.00. The van der Waals surface area contributed by atoms with Crippen molar-refractivity contribution in [3.8, 4) is 0 Å². The van der Waals surface area contributed by atoms with E-state index in [-0.39, 0.29) is 17.6 Å². The molecule has 2 aromatic rings. The van der Waals surface area contributed by atoms with Crippen LogP contribution in [0.1, 0.15) is 36.0 Å². The maximum Gasteiger partial charge on any atom is 0.293 e. The lowest BCUT2D eigenvalue weighted by Gasteiger charge is -2.33. The molecule has 0 unspecified atom stereocenters. The van der Waals surface area contributed by atoms with Gasteiger partial charge in [0.15, 0.2) is 0 Å². The summed E-state index contributed by atoms with van der Waals surface area (Å²) in [6.45, 7) is 2.30. The molecule has 2 fully saturated rings. The van der Waals surface area contributed by atoms with Crippen molar-refractivity contribution in [3.05, 3.63) is 46.3 Å². The van der Waals surface area contributed by atoms with Gasteiger partial charge in [0, 0.05) is 43.5 Å². The maximum absolute atomic E-state index is 12.2. The highest BCUT2D eigenvalue weighted by atomic mass is 16.6. The summed E-state index contributed by atoms with van der Waals surface area (Å²) in [7, 11) is 0. The second-order valence-electron chi connectivity index (χ2n) is 7.26. The van der Waals surface area contributed by atoms with Crippen LogP contribution in [-0.2, 0) is 6.54 Å². The average molecular weight is 370 g/mol. The monoisotopic (exact) mass is 370 g/mol. The zero-order chi connectivity index (χ0) is 18.8. The Kier molecular flexibility index (Phi) is 4.74. The number of nitro benzene ring substituents is 1. The van der Waals surface area contributed by atoms with Crippen LogP contribution in [0.4, 0.5) is 11.4 Å². The highest BCUT2D eigenvalue weighted by Crippen LogP contribution is 2.33. The zero-order valence-corrected chi connectivity index (χ0v) is 15.0. The number of nitrogens with one attached hydrogen (secondary N) is 1. The van der Waals surface area contributed by atoms with Gasteiger partial charge in [-0.15, -0.1) is 5.10 Å². The number of benzene rings is 1. The molecule has 2 aliphatic rings. The molecule has 1 aromatic carbocycles.